The number of hydrogen-bond donors (Lipinski definition) is 6. The first-order valence-electron chi connectivity index (χ1n) is 15.9. The molecule has 1 saturated heterocycles. The highest BCUT2D eigenvalue weighted by Crippen LogP contribution is 2.54. The molecule has 2 aromatic carbocycles. The lowest BCUT2D eigenvalue weighted by molar-refractivity contribution is -0.153. The molecule has 3 aliphatic carbocycles. The van der Waals surface area contributed by atoms with E-state index in [4.69, 9.17) is 5.73 Å². The number of fused-ring (bicyclic) bond motifs is 3. The van der Waals surface area contributed by atoms with Gasteiger partial charge in [0.1, 0.15) is 22.8 Å². The van der Waals surface area contributed by atoms with Crippen LogP contribution in [0.25, 0.3) is 5.76 Å². The Morgan fingerprint density at radius 1 is 1.06 bits per heavy atom. The molecule has 4 aliphatic rings. The number of ketones is 2. The Hall–Kier alpha value is -4.72. The van der Waals surface area contributed by atoms with Crippen molar-refractivity contribution in [3.8, 4) is 5.75 Å². The normalized spacial score (nSPS) is 25.8. The zero-order valence-corrected chi connectivity index (χ0v) is 27.6. The molecule has 2 amide bonds. The lowest BCUT2D eigenvalue weighted by atomic mass is 9.57. The van der Waals surface area contributed by atoms with Crippen LogP contribution >= 0.6 is 0 Å². The number of likely N-dealkylation sites (tertiary alicyclic amines) is 1. The standard InChI is InChI=1S/C35H41N5O8/c1-16-6-8-17(9-7-16)13-40-14-19(15-40)34(47)37-22-12-23(38(2)3)20-10-18-11-21-27(39(4)5)30(43)26(33(36)46)32(45)35(21,48)31(44)24(18)29(42)25(20)28(22)41/h6-9,12,18-19,21,27,41-42,45,48H,10-11,13-15H2,1-5H3,(H2,36,46)(H,37,47)/t18-,21-,27-,35-/m0/s1. The zero-order chi connectivity index (χ0) is 35.0. The molecule has 0 radical (unpaired) electrons. The van der Waals surface area contributed by atoms with Crippen molar-refractivity contribution in [1.29, 1.82) is 0 Å². The van der Waals surface area contributed by atoms with Gasteiger partial charge in [-0.15, -0.1) is 0 Å². The van der Waals surface area contributed by atoms with Gasteiger partial charge >= 0.3 is 0 Å². The number of carbonyl (C=O) groups is 4. The number of aliphatic hydroxyl groups is 3. The molecule has 48 heavy (non-hydrogen) atoms. The van der Waals surface area contributed by atoms with Gasteiger partial charge in [-0.05, 0) is 57.0 Å². The van der Waals surface area contributed by atoms with Gasteiger partial charge in [0.05, 0.1) is 23.2 Å². The zero-order valence-electron chi connectivity index (χ0n) is 27.6. The summed E-state index contributed by atoms with van der Waals surface area (Å²) in [4.78, 5) is 58.4. The van der Waals surface area contributed by atoms with Gasteiger partial charge in [0.2, 0.25) is 11.7 Å². The third-order valence-corrected chi connectivity index (χ3v) is 10.3. The van der Waals surface area contributed by atoms with Gasteiger partial charge in [-0.2, -0.15) is 0 Å². The van der Waals surface area contributed by atoms with Crippen LogP contribution in [0, 0.1) is 24.7 Å². The number of carbonyl (C=O) groups excluding carboxylic acids is 4. The summed E-state index contributed by atoms with van der Waals surface area (Å²) in [5.74, 6) is -7.92. The predicted molar refractivity (Wildman–Crippen MR) is 177 cm³/mol. The van der Waals surface area contributed by atoms with Gasteiger partial charge in [0.25, 0.3) is 5.91 Å². The molecule has 0 bridgehead atoms. The number of nitrogens with zero attached hydrogens (tertiary/aromatic N) is 3. The van der Waals surface area contributed by atoms with Crippen molar-refractivity contribution >= 4 is 40.5 Å². The number of phenolic OH excluding ortho intramolecular Hbond substituents is 1. The largest absolute Gasteiger partial charge is 0.508 e. The Morgan fingerprint density at radius 3 is 2.29 bits per heavy atom. The Labute approximate surface area is 277 Å². The lowest BCUT2D eigenvalue weighted by Gasteiger charge is -2.50. The van der Waals surface area contributed by atoms with Crippen molar-refractivity contribution in [2.45, 2.75) is 38.0 Å². The average Bonchev–Trinajstić information content (AvgIpc) is 2.98. The Balaban J connectivity index is 1.34. The van der Waals surface area contributed by atoms with Gasteiger partial charge in [0, 0.05) is 50.9 Å². The summed E-state index contributed by atoms with van der Waals surface area (Å²) in [6.45, 7) is 3.78. The van der Waals surface area contributed by atoms with E-state index in [2.05, 4.69) is 22.3 Å². The van der Waals surface area contributed by atoms with Crippen LogP contribution in [0.1, 0.15) is 28.7 Å². The number of primary amides is 1. The predicted octanol–water partition coefficient (Wildman–Crippen LogP) is 1.41. The average molecular weight is 660 g/mol. The van der Waals surface area contributed by atoms with E-state index in [1.165, 1.54) is 10.5 Å². The smallest absolute Gasteiger partial charge is 0.255 e. The molecule has 1 aliphatic heterocycles. The Bertz CT molecular complexity index is 1810. The molecule has 6 rings (SSSR count). The van der Waals surface area contributed by atoms with E-state index in [-0.39, 0.29) is 41.5 Å². The molecule has 1 heterocycles. The molecule has 254 valence electrons. The van der Waals surface area contributed by atoms with Crippen LogP contribution in [0.4, 0.5) is 11.4 Å². The summed E-state index contributed by atoms with van der Waals surface area (Å²) >= 11 is 0. The number of aromatic hydroxyl groups is 1. The van der Waals surface area contributed by atoms with Crippen molar-refractivity contribution in [2.24, 2.45) is 23.5 Å². The topological polar surface area (TPSA) is 197 Å². The van der Waals surface area contributed by atoms with Crippen molar-refractivity contribution in [1.82, 2.24) is 9.80 Å². The number of nitrogens with one attached hydrogen (secondary N) is 1. The number of nitrogens with two attached hydrogens (primary N) is 1. The highest BCUT2D eigenvalue weighted by atomic mass is 16.3. The minimum absolute atomic E-state index is 0.0152. The van der Waals surface area contributed by atoms with Crippen molar-refractivity contribution < 1.29 is 39.6 Å². The van der Waals surface area contributed by atoms with Crippen molar-refractivity contribution in [3.63, 3.8) is 0 Å². The van der Waals surface area contributed by atoms with E-state index in [0.29, 0.717) is 30.9 Å². The number of likely N-dealkylation sites (N-methyl/N-ethyl adjacent to an activating group) is 1. The van der Waals surface area contributed by atoms with Crippen LogP contribution < -0.4 is 16.0 Å². The van der Waals surface area contributed by atoms with Gasteiger partial charge in [-0.1, -0.05) is 29.8 Å². The third kappa shape index (κ3) is 5.04. The molecule has 7 N–H and O–H groups in total. The summed E-state index contributed by atoms with van der Waals surface area (Å²) in [5, 5.41) is 49.0. The molecule has 0 unspecified atom stereocenters. The fourth-order valence-corrected chi connectivity index (χ4v) is 7.84. The number of phenols is 1. The van der Waals surface area contributed by atoms with Crippen LogP contribution in [-0.4, -0.2) is 107 Å². The van der Waals surface area contributed by atoms with Crippen LogP contribution in [0.2, 0.25) is 0 Å². The molecule has 1 saturated carbocycles. The number of rotatable bonds is 7. The molecule has 13 nitrogen and oxygen atoms in total. The van der Waals surface area contributed by atoms with E-state index >= 15 is 0 Å². The molecular formula is C35H41N5O8. The van der Waals surface area contributed by atoms with Gasteiger partial charge in [-0.3, -0.25) is 29.0 Å². The number of amides is 2. The van der Waals surface area contributed by atoms with Crippen LogP contribution in [-0.2, 0) is 32.1 Å². The highest BCUT2D eigenvalue weighted by Gasteiger charge is 2.64. The van der Waals surface area contributed by atoms with E-state index in [1.807, 2.05) is 19.1 Å². The summed E-state index contributed by atoms with van der Waals surface area (Å²) < 4.78 is 0. The number of Topliss-reactive ketones (excluding diaryl/α,β-unsaturated/α-hetero) is 2. The second kappa shape index (κ2) is 11.8. The second-order valence-corrected chi connectivity index (χ2v) is 13.9. The van der Waals surface area contributed by atoms with Crippen LogP contribution in [0.5, 0.6) is 5.75 Å². The Morgan fingerprint density at radius 2 is 1.71 bits per heavy atom. The number of anilines is 2. The Kier molecular flexibility index (Phi) is 8.13. The molecule has 0 spiro atoms. The molecule has 13 heteroatoms. The summed E-state index contributed by atoms with van der Waals surface area (Å²) in [5.41, 5.74) is 4.91. The number of hydrogen-bond acceptors (Lipinski definition) is 11. The maximum absolute atomic E-state index is 14.2. The first-order valence-corrected chi connectivity index (χ1v) is 15.9. The first-order chi connectivity index (χ1) is 22.6. The SMILES string of the molecule is Cc1ccc(CN2CC(C(=O)Nc3cc(N(C)C)c4c(c3O)C(O)=C3C(=O)[C@]5(O)C(O)=C(C(N)=O)C(=O)[C@@H](N(C)C)[C@@H]5C[C@@H]3C4)C2)cc1. The maximum atomic E-state index is 14.2. The molecular weight excluding hydrogens is 618 g/mol. The molecule has 0 aromatic heterocycles. The fourth-order valence-electron chi connectivity index (χ4n) is 7.84. The van der Waals surface area contributed by atoms with Crippen molar-refractivity contribution in [2.75, 3.05) is 51.5 Å². The molecule has 2 fully saturated rings. The number of aliphatic hydroxyl groups excluding tert-OH is 2. The maximum Gasteiger partial charge on any atom is 0.255 e. The fraction of sp³-hybridized carbons (Fsp3) is 0.429. The number of benzene rings is 2. The van der Waals surface area contributed by atoms with Crippen molar-refractivity contribution in [3.05, 3.63) is 69.5 Å². The molecule has 2 aromatic rings. The minimum Gasteiger partial charge on any atom is -0.508 e. The molecule has 4 atom stereocenters. The first kappa shape index (κ1) is 33.2. The second-order valence-electron chi connectivity index (χ2n) is 13.9. The van der Waals surface area contributed by atoms with E-state index in [0.717, 1.165) is 5.56 Å². The lowest BCUT2D eigenvalue weighted by Crippen LogP contribution is -2.65. The quantitative estimate of drug-likeness (QED) is 0.186. The van der Waals surface area contributed by atoms with E-state index in [1.54, 1.807) is 39.2 Å². The van der Waals surface area contributed by atoms with Gasteiger partial charge in [0.15, 0.2) is 11.4 Å². The monoisotopic (exact) mass is 659 g/mol. The van der Waals surface area contributed by atoms with Gasteiger partial charge < -0.3 is 36.4 Å². The van der Waals surface area contributed by atoms with E-state index in [9.17, 15) is 39.6 Å². The van der Waals surface area contributed by atoms with Gasteiger partial charge in [-0.25, -0.2) is 0 Å². The third-order valence-electron chi connectivity index (χ3n) is 10.3. The van der Waals surface area contributed by atoms with Crippen LogP contribution in [0.3, 0.4) is 0 Å². The minimum atomic E-state index is -2.73. The summed E-state index contributed by atoms with van der Waals surface area (Å²) in [6, 6.07) is 8.65. The summed E-state index contributed by atoms with van der Waals surface area (Å²) in [6.07, 6.45) is 0.124. The number of aryl methyl sites for hydroxylation is 1. The summed E-state index contributed by atoms with van der Waals surface area (Å²) in [7, 11) is 6.64. The van der Waals surface area contributed by atoms with E-state index < -0.39 is 63.8 Å². The van der Waals surface area contributed by atoms with Crippen LogP contribution in [0.15, 0.2) is 47.2 Å². The highest BCUT2D eigenvalue weighted by molar-refractivity contribution is 6.24.